The molecule has 1 unspecified atom stereocenters. The van der Waals surface area contributed by atoms with Crippen molar-refractivity contribution in [1.29, 1.82) is 5.26 Å². The van der Waals surface area contributed by atoms with Gasteiger partial charge in [-0.1, -0.05) is 25.5 Å². The number of hydrogen-bond acceptors (Lipinski definition) is 2. The fourth-order valence-corrected chi connectivity index (χ4v) is 2.73. The molecule has 2 rings (SSSR count). The summed E-state index contributed by atoms with van der Waals surface area (Å²) in [5.41, 5.74) is 0.794. The highest BCUT2D eigenvalue weighted by Crippen LogP contribution is 2.23. The summed E-state index contributed by atoms with van der Waals surface area (Å²) in [6.07, 6.45) is 3.70. The molecule has 0 bridgehead atoms. The van der Waals surface area contributed by atoms with E-state index in [4.69, 9.17) is 5.26 Å². The Labute approximate surface area is 108 Å². The van der Waals surface area contributed by atoms with Crippen molar-refractivity contribution < 1.29 is 4.39 Å². The largest absolute Gasteiger partial charge is 0.299 e. The van der Waals surface area contributed by atoms with Crippen LogP contribution >= 0.6 is 0 Å². The highest BCUT2D eigenvalue weighted by atomic mass is 19.1. The number of hydrogen-bond donors (Lipinski definition) is 0. The average Bonchev–Trinajstić information content (AvgIpc) is 2.80. The van der Waals surface area contributed by atoms with Crippen LogP contribution in [-0.2, 0) is 6.54 Å². The number of halogens is 1. The highest BCUT2D eigenvalue weighted by molar-refractivity contribution is 5.34. The Morgan fingerprint density at radius 2 is 2.33 bits per heavy atom. The van der Waals surface area contributed by atoms with Gasteiger partial charge in [0.1, 0.15) is 11.9 Å². The summed E-state index contributed by atoms with van der Waals surface area (Å²) in [5, 5.41) is 8.81. The van der Waals surface area contributed by atoms with Gasteiger partial charge in [-0.05, 0) is 31.4 Å². The molecule has 1 aliphatic heterocycles. The second kappa shape index (κ2) is 5.97. The molecule has 3 heteroatoms. The van der Waals surface area contributed by atoms with Gasteiger partial charge in [-0.25, -0.2) is 4.39 Å². The van der Waals surface area contributed by atoms with Crippen LogP contribution in [0.2, 0.25) is 0 Å². The number of benzene rings is 1. The first-order valence-electron chi connectivity index (χ1n) is 6.64. The lowest BCUT2D eigenvalue weighted by atomic mass is 10.0. The summed E-state index contributed by atoms with van der Waals surface area (Å²) in [7, 11) is 0. The standard InChI is InChI=1S/C15H19FN2/c1-2-4-12-7-8-18(10-12)11-14-6-3-5-13(9-17)15(14)16/h3,5-6,12H,2,4,7-8,10-11H2,1H3. The Morgan fingerprint density at radius 1 is 1.50 bits per heavy atom. The van der Waals surface area contributed by atoms with Crippen LogP contribution < -0.4 is 0 Å². The van der Waals surface area contributed by atoms with E-state index in [1.165, 1.54) is 25.3 Å². The second-order valence-electron chi connectivity index (χ2n) is 5.07. The van der Waals surface area contributed by atoms with Crippen molar-refractivity contribution in [2.45, 2.75) is 32.7 Å². The molecular formula is C15H19FN2. The summed E-state index contributed by atoms with van der Waals surface area (Å²) in [6, 6.07) is 6.97. The minimum Gasteiger partial charge on any atom is -0.299 e. The first-order chi connectivity index (χ1) is 8.74. The molecule has 0 radical (unpaired) electrons. The molecule has 0 spiro atoms. The zero-order valence-electron chi connectivity index (χ0n) is 10.8. The first-order valence-corrected chi connectivity index (χ1v) is 6.64. The van der Waals surface area contributed by atoms with Crippen LogP contribution in [0.5, 0.6) is 0 Å². The van der Waals surface area contributed by atoms with E-state index in [9.17, 15) is 4.39 Å². The van der Waals surface area contributed by atoms with Gasteiger partial charge in [-0.15, -0.1) is 0 Å². The topological polar surface area (TPSA) is 27.0 Å². The third-order valence-electron chi connectivity index (χ3n) is 3.66. The van der Waals surface area contributed by atoms with Crippen molar-refractivity contribution in [2.75, 3.05) is 13.1 Å². The van der Waals surface area contributed by atoms with E-state index < -0.39 is 0 Å². The van der Waals surface area contributed by atoms with Crippen LogP contribution in [0.15, 0.2) is 18.2 Å². The van der Waals surface area contributed by atoms with Crippen LogP contribution in [0, 0.1) is 23.1 Å². The minimum absolute atomic E-state index is 0.150. The maximum atomic E-state index is 13.9. The van der Waals surface area contributed by atoms with Crippen LogP contribution in [-0.4, -0.2) is 18.0 Å². The molecule has 96 valence electrons. The number of likely N-dealkylation sites (tertiary alicyclic amines) is 1. The first kappa shape index (κ1) is 13.0. The lowest BCUT2D eigenvalue weighted by Crippen LogP contribution is -2.21. The summed E-state index contributed by atoms with van der Waals surface area (Å²) < 4.78 is 13.9. The lowest BCUT2D eigenvalue weighted by molar-refractivity contribution is 0.308. The van der Waals surface area contributed by atoms with Crippen LogP contribution in [0.25, 0.3) is 0 Å². The Kier molecular flexibility index (Phi) is 4.33. The molecule has 1 saturated heterocycles. The summed E-state index contributed by atoms with van der Waals surface area (Å²) in [6.45, 7) is 4.94. The van der Waals surface area contributed by atoms with E-state index in [2.05, 4.69) is 11.8 Å². The van der Waals surface area contributed by atoms with Gasteiger partial charge in [0.05, 0.1) is 5.56 Å². The Bertz CT molecular complexity index is 450. The van der Waals surface area contributed by atoms with Crippen LogP contribution in [0.3, 0.4) is 0 Å². The molecule has 1 aromatic carbocycles. The van der Waals surface area contributed by atoms with Crippen molar-refractivity contribution >= 4 is 0 Å². The van der Waals surface area contributed by atoms with Gasteiger partial charge in [-0.3, -0.25) is 4.90 Å². The molecule has 0 saturated carbocycles. The molecule has 0 amide bonds. The Balaban J connectivity index is 2.01. The molecule has 1 atom stereocenters. The third-order valence-corrected chi connectivity index (χ3v) is 3.66. The zero-order valence-corrected chi connectivity index (χ0v) is 10.8. The highest BCUT2D eigenvalue weighted by Gasteiger charge is 2.22. The second-order valence-corrected chi connectivity index (χ2v) is 5.07. The van der Waals surface area contributed by atoms with E-state index in [1.54, 1.807) is 12.1 Å². The molecule has 1 fully saturated rings. The van der Waals surface area contributed by atoms with E-state index in [0.717, 1.165) is 19.0 Å². The van der Waals surface area contributed by atoms with Crippen molar-refractivity contribution in [3.05, 3.63) is 35.1 Å². The predicted octanol–water partition coefficient (Wildman–Crippen LogP) is 3.32. The zero-order chi connectivity index (χ0) is 13.0. The van der Waals surface area contributed by atoms with E-state index in [1.807, 2.05) is 6.07 Å². The van der Waals surface area contributed by atoms with E-state index >= 15 is 0 Å². The molecule has 0 N–H and O–H groups in total. The number of nitrogens with zero attached hydrogens (tertiary/aromatic N) is 2. The van der Waals surface area contributed by atoms with E-state index in [0.29, 0.717) is 12.1 Å². The summed E-state index contributed by atoms with van der Waals surface area (Å²) in [4.78, 5) is 2.29. The molecule has 1 aliphatic rings. The molecule has 1 aromatic rings. The molecule has 1 heterocycles. The summed E-state index contributed by atoms with van der Waals surface area (Å²) >= 11 is 0. The minimum atomic E-state index is -0.348. The summed E-state index contributed by atoms with van der Waals surface area (Å²) in [5.74, 6) is 0.413. The van der Waals surface area contributed by atoms with Crippen LogP contribution in [0.4, 0.5) is 4.39 Å². The maximum Gasteiger partial charge on any atom is 0.145 e. The van der Waals surface area contributed by atoms with Gasteiger partial charge in [0, 0.05) is 18.7 Å². The molecule has 2 nitrogen and oxygen atoms in total. The van der Waals surface area contributed by atoms with Crippen molar-refractivity contribution in [3.63, 3.8) is 0 Å². The molecule has 18 heavy (non-hydrogen) atoms. The van der Waals surface area contributed by atoms with E-state index in [-0.39, 0.29) is 11.4 Å². The fourth-order valence-electron chi connectivity index (χ4n) is 2.73. The fraction of sp³-hybridized carbons (Fsp3) is 0.533. The monoisotopic (exact) mass is 246 g/mol. The molecule has 0 aromatic heterocycles. The predicted molar refractivity (Wildman–Crippen MR) is 69.4 cm³/mol. The van der Waals surface area contributed by atoms with Gasteiger partial charge in [0.25, 0.3) is 0 Å². The van der Waals surface area contributed by atoms with Crippen LogP contribution in [0.1, 0.15) is 37.3 Å². The Morgan fingerprint density at radius 3 is 3.06 bits per heavy atom. The number of nitriles is 1. The molecular weight excluding hydrogens is 227 g/mol. The van der Waals surface area contributed by atoms with Gasteiger partial charge >= 0.3 is 0 Å². The lowest BCUT2D eigenvalue weighted by Gasteiger charge is -2.16. The maximum absolute atomic E-state index is 13.9. The third kappa shape index (κ3) is 2.88. The van der Waals surface area contributed by atoms with Gasteiger partial charge < -0.3 is 0 Å². The van der Waals surface area contributed by atoms with Gasteiger partial charge in [0.15, 0.2) is 0 Å². The van der Waals surface area contributed by atoms with Gasteiger partial charge in [0.2, 0.25) is 0 Å². The average molecular weight is 246 g/mol. The number of rotatable bonds is 4. The Hall–Kier alpha value is -1.40. The van der Waals surface area contributed by atoms with Crippen molar-refractivity contribution in [3.8, 4) is 6.07 Å². The van der Waals surface area contributed by atoms with Gasteiger partial charge in [-0.2, -0.15) is 5.26 Å². The molecule has 0 aliphatic carbocycles. The smallest absolute Gasteiger partial charge is 0.145 e. The van der Waals surface area contributed by atoms with Crippen molar-refractivity contribution in [2.24, 2.45) is 5.92 Å². The SMILES string of the molecule is CCCC1CCN(Cc2cccc(C#N)c2F)C1. The quantitative estimate of drug-likeness (QED) is 0.815. The van der Waals surface area contributed by atoms with Crippen molar-refractivity contribution in [1.82, 2.24) is 4.90 Å². The normalized spacial score (nSPS) is 19.9.